The molecule has 26 heavy (non-hydrogen) atoms. The van der Waals surface area contributed by atoms with Gasteiger partial charge in [-0.2, -0.15) is 0 Å². The second-order valence-electron chi connectivity index (χ2n) is 6.93. The minimum atomic E-state index is 0.151. The summed E-state index contributed by atoms with van der Waals surface area (Å²) in [5.74, 6) is 0.978. The van der Waals surface area contributed by atoms with Crippen LogP contribution >= 0.6 is 11.8 Å². The van der Waals surface area contributed by atoms with Crippen molar-refractivity contribution in [2.75, 3.05) is 13.2 Å². The smallest absolute Gasteiger partial charge is 0.227 e. The van der Waals surface area contributed by atoms with E-state index in [-0.39, 0.29) is 11.9 Å². The third kappa shape index (κ3) is 5.39. The first-order valence-electron chi connectivity index (χ1n) is 9.27. The number of amides is 1. The minimum Gasteiger partial charge on any atom is -0.467 e. The van der Waals surface area contributed by atoms with E-state index in [1.165, 1.54) is 4.90 Å². The van der Waals surface area contributed by atoms with Gasteiger partial charge in [-0.15, -0.1) is 11.8 Å². The number of thioether (sulfide) groups is 1. The van der Waals surface area contributed by atoms with Crippen LogP contribution in [0.3, 0.4) is 0 Å². The number of carbonyl (C=O) groups excluding carboxylic acids is 1. The van der Waals surface area contributed by atoms with Gasteiger partial charge in [-0.3, -0.25) is 4.79 Å². The molecule has 0 N–H and O–H groups in total. The quantitative estimate of drug-likeness (QED) is 0.669. The van der Waals surface area contributed by atoms with E-state index in [2.05, 4.69) is 38.1 Å². The fourth-order valence-corrected chi connectivity index (χ4v) is 4.06. The highest BCUT2D eigenvalue weighted by Crippen LogP contribution is 2.24. The van der Waals surface area contributed by atoms with Crippen LogP contribution in [0.4, 0.5) is 0 Å². The molecule has 1 saturated heterocycles. The van der Waals surface area contributed by atoms with Gasteiger partial charge >= 0.3 is 0 Å². The van der Waals surface area contributed by atoms with Gasteiger partial charge < -0.3 is 14.1 Å². The maximum Gasteiger partial charge on any atom is 0.227 e. The van der Waals surface area contributed by atoms with Gasteiger partial charge in [0, 0.05) is 29.4 Å². The number of rotatable bonds is 7. The molecule has 3 rings (SSSR count). The van der Waals surface area contributed by atoms with Crippen LogP contribution in [0.25, 0.3) is 0 Å². The third-order valence-electron chi connectivity index (χ3n) is 4.51. The molecule has 1 amide bonds. The molecular formula is C21H27NO3S. The van der Waals surface area contributed by atoms with E-state index in [4.69, 9.17) is 9.15 Å². The topological polar surface area (TPSA) is 42.7 Å². The van der Waals surface area contributed by atoms with Crippen LogP contribution in [0.5, 0.6) is 0 Å². The van der Waals surface area contributed by atoms with Gasteiger partial charge in [0.2, 0.25) is 5.91 Å². The number of hydrogen-bond acceptors (Lipinski definition) is 4. The summed E-state index contributed by atoms with van der Waals surface area (Å²) in [6.45, 7) is 6.32. The number of furan rings is 1. The first-order chi connectivity index (χ1) is 12.6. The second-order valence-corrected chi connectivity index (χ2v) is 8.58. The van der Waals surface area contributed by atoms with E-state index in [0.29, 0.717) is 31.4 Å². The molecule has 5 heteroatoms. The van der Waals surface area contributed by atoms with Crippen LogP contribution in [-0.2, 0) is 22.5 Å². The van der Waals surface area contributed by atoms with Crippen molar-refractivity contribution < 1.29 is 13.9 Å². The Morgan fingerprint density at radius 3 is 2.54 bits per heavy atom. The first-order valence-corrected chi connectivity index (χ1v) is 10.1. The zero-order valence-electron chi connectivity index (χ0n) is 15.5. The molecule has 0 bridgehead atoms. The standard InChI is InChI=1S/C21H27NO3S/c1-16(2)26-20-7-5-17(6-8-20)14-21(23)22(15-19-4-3-11-25-19)18-9-12-24-13-10-18/h3-8,11,16,18H,9-10,12-15H2,1-2H3. The Hall–Kier alpha value is -1.72. The summed E-state index contributed by atoms with van der Waals surface area (Å²) in [6.07, 6.45) is 3.85. The molecule has 140 valence electrons. The lowest BCUT2D eigenvalue weighted by Crippen LogP contribution is -2.43. The molecule has 4 nitrogen and oxygen atoms in total. The van der Waals surface area contributed by atoms with Gasteiger partial charge in [0.05, 0.1) is 19.2 Å². The lowest BCUT2D eigenvalue weighted by Gasteiger charge is -2.34. The van der Waals surface area contributed by atoms with Crippen molar-refractivity contribution >= 4 is 17.7 Å². The summed E-state index contributed by atoms with van der Waals surface area (Å²) in [4.78, 5) is 16.3. The SMILES string of the molecule is CC(C)Sc1ccc(CC(=O)N(Cc2ccco2)C2CCOCC2)cc1. The van der Waals surface area contributed by atoms with Gasteiger partial charge in [0.15, 0.2) is 0 Å². The van der Waals surface area contributed by atoms with E-state index in [1.807, 2.05) is 28.8 Å². The Morgan fingerprint density at radius 1 is 1.19 bits per heavy atom. The fraction of sp³-hybridized carbons (Fsp3) is 0.476. The summed E-state index contributed by atoms with van der Waals surface area (Å²) in [5, 5.41) is 0.555. The molecule has 0 saturated carbocycles. The van der Waals surface area contributed by atoms with E-state index < -0.39 is 0 Å². The molecule has 0 unspecified atom stereocenters. The number of hydrogen-bond donors (Lipinski definition) is 0. The summed E-state index contributed by atoms with van der Waals surface area (Å²) >= 11 is 1.84. The van der Waals surface area contributed by atoms with E-state index >= 15 is 0 Å². The van der Waals surface area contributed by atoms with Crippen molar-refractivity contribution in [2.45, 2.75) is 55.8 Å². The molecule has 2 aromatic rings. The van der Waals surface area contributed by atoms with Crippen LogP contribution in [0.2, 0.25) is 0 Å². The second kappa shape index (κ2) is 9.28. The maximum atomic E-state index is 13.0. The average molecular weight is 374 g/mol. The van der Waals surface area contributed by atoms with Crippen molar-refractivity contribution in [1.29, 1.82) is 0 Å². The molecule has 0 aliphatic carbocycles. The Labute approximate surface area is 159 Å². The normalized spacial score (nSPS) is 15.3. The molecule has 2 heterocycles. The number of ether oxygens (including phenoxy) is 1. The monoisotopic (exact) mass is 373 g/mol. The van der Waals surface area contributed by atoms with Gasteiger partial charge in [-0.25, -0.2) is 0 Å². The highest BCUT2D eigenvalue weighted by atomic mass is 32.2. The number of carbonyl (C=O) groups is 1. The summed E-state index contributed by atoms with van der Waals surface area (Å²) in [6, 6.07) is 12.4. The predicted molar refractivity (Wildman–Crippen MR) is 104 cm³/mol. The Morgan fingerprint density at radius 2 is 1.92 bits per heavy atom. The van der Waals surface area contributed by atoms with Gasteiger partial charge in [0.1, 0.15) is 5.76 Å². The summed E-state index contributed by atoms with van der Waals surface area (Å²) in [7, 11) is 0. The maximum absolute atomic E-state index is 13.0. The highest BCUT2D eigenvalue weighted by molar-refractivity contribution is 7.99. The lowest BCUT2D eigenvalue weighted by atomic mass is 10.0. The molecule has 0 atom stereocenters. The van der Waals surface area contributed by atoms with Gasteiger partial charge in [-0.05, 0) is 42.7 Å². The van der Waals surface area contributed by atoms with E-state index in [0.717, 1.165) is 24.2 Å². The molecule has 1 aromatic heterocycles. The average Bonchev–Trinajstić information content (AvgIpc) is 3.15. The van der Waals surface area contributed by atoms with Crippen LogP contribution in [0.1, 0.15) is 38.0 Å². The van der Waals surface area contributed by atoms with Crippen molar-refractivity contribution in [1.82, 2.24) is 4.90 Å². The van der Waals surface area contributed by atoms with Crippen molar-refractivity contribution in [2.24, 2.45) is 0 Å². The molecule has 1 fully saturated rings. The number of nitrogens with zero attached hydrogens (tertiary/aromatic N) is 1. The molecule has 0 radical (unpaired) electrons. The third-order valence-corrected chi connectivity index (χ3v) is 5.52. The summed E-state index contributed by atoms with van der Waals surface area (Å²) < 4.78 is 10.9. The van der Waals surface area contributed by atoms with Crippen molar-refractivity contribution in [3.05, 3.63) is 54.0 Å². The molecular weight excluding hydrogens is 346 g/mol. The Kier molecular flexibility index (Phi) is 6.80. The van der Waals surface area contributed by atoms with E-state index in [1.54, 1.807) is 6.26 Å². The summed E-state index contributed by atoms with van der Waals surface area (Å²) in [5.41, 5.74) is 1.06. The highest BCUT2D eigenvalue weighted by Gasteiger charge is 2.26. The van der Waals surface area contributed by atoms with Crippen LogP contribution in [0, 0.1) is 0 Å². The van der Waals surface area contributed by atoms with Crippen LogP contribution in [-0.4, -0.2) is 35.3 Å². The van der Waals surface area contributed by atoms with Crippen LogP contribution in [0.15, 0.2) is 52.0 Å². The molecule has 1 aromatic carbocycles. The van der Waals surface area contributed by atoms with Crippen molar-refractivity contribution in [3.63, 3.8) is 0 Å². The van der Waals surface area contributed by atoms with Gasteiger partial charge in [-0.1, -0.05) is 26.0 Å². The van der Waals surface area contributed by atoms with Gasteiger partial charge in [0.25, 0.3) is 0 Å². The zero-order chi connectivity index (χ0) is 18.4. The molecule has 1 aliphatic rings. The van der Waals surface area contributed by atoms with E-state index in [9.17, 15) is 4.79 Å². The van der Waals surface area contributed by atoms with Crippen molar-refractivity contribution in [3.8, 4) is 0 Å². The largest absolute Gasteiger partial charge is 0.467 e. The minimum absolute atomic E-state index is 0.151. The van der Waals surface area contributed by atoms with Crippen LogP contribution < -0.4 is 0 Å². The number of benzene rings is 1. The lowest BCUT2D eigenvalue weighted by molar-refractivity contribution is -0.135. The Balaban J connectivity index is 1.68. The zero-order valence-corrected chi connectivity index (χ0v) is 16.3. The predicted octanol–water partition coefficient (Wildman–Crippen LogP) is 4.53. The molecule has 0 spiro atoms. The molecule has 1 aliphatic heterocycles. The first kappa shape index (κ1) is 19.1. The fourth-order valence-electron chi connectivity index (χ4n) is 3.22. The Bertz CT molecular complexity index is 676.